The topological polar surface area (TPSA) is 113 Å². The van der Waals surface area contributed by atoms with Crippen LogP contribution in [0.5, 0.6) is 0 Å². The molecule has 0 saturated heterocycles. The molecule has 0 aliphatic rings. The molecule has 2 unspecified atom stereocenters. The molecule has 3 N–H and O–H groups in total. The molecule has 7 heteroatoms. The van der Waals surface area contributed by atoms with E-state index in [0.717, 1.165) is 57.8 Å². The average Bonchev–Trinajstić information content (AvgIpc) is 2.85. The van der Waals surface area contributed by atoms with E-state index < -0.39 is 12.0 Å². The van der Waals surface area contributed by atoms with Gasteiger partial charge in [0.15, 0.2) is 0 Å². The van der Waals surface area contributed by atoms with Crippen molar-refractivity contribution in [3.8, 4) is 0 Å². The van der Waals surface area contributed by atoms with E-state index in [0.29, 0.717) is 31.5 Å². The molecule has 0 aliphatic carbocycles. The summed E-state index contributed by atoms with van der Waals surface area (Å²) >= 11 is 0. The fourth-order valence-corrected chi connectivity index (χ4v) is 4.86. The summed E-state index contributed by atoms with van der Waals surface area (Å²) < 4.78 is 0. The molecule has 0 rings (SSSR count). The van der Waals surface area contributed by atoms with E-state index in [4.69, 9.17) is 0 Å². The van der Waals surface area contributed by atoms with E-state index in [1.165, 1.54) is 44.9 Å². The summed E-state index contributed by atoms with van der Waals surface area (Å²) in [5.74, 6) is -0.297. The second kappa shape index (κ2) is 24.3. The predicted octanol–water partition coefficient (Wildman–Crippen LogP) is 6.76. The molecule has 2 atom stereocenters. The van der Waals surface area contributed by atoms with Gasteiger partial charge in [-0.25, -0.2) is 4.79 Å². The van der Waals surface area contributed by atoms with Gasteiger partial charge in [-0.1, -0.05) is 90.9 Å². The Morgan fingerprint density at radius 2 is 1.05 bits per heavy atom. The molecule has 0 fully saturated rings. The summed E-state index contributed by atoms with van der Waals surface area (Å²) in [6.45, 7) is 5.54. The molecular weight excluding hydrogens is 480 g/mol. The fourth-order valence-electron chi connectivity index (χ4n) is 4.86. The number of amides is 1. The van der Waals surface area contributed by atoms with Crippen LogP contribution in [0.1, 0.15) is 149 Å². The predicted molar refractivity (Wildman–Crippen MR) is 155 cm³/mol. The van der Waals surface area contributed by atoms with Gasteiger partial charge in [-0.05, 0) is 52.0 Å². The maximum absolute atomic E-state index is 12.0. The van der Waals surface area contributed by atoms with Crippen molar-refractivity contribution in [2.24, 2.45) is 5.92 Å². The van der Waals surface area contributed by atoms with Gasteiger partial charge in [0, 0.05) is 19.3 Å². The number of aliphatic carboxylic acids is 1. The Morgan fingerprint density at radius 1 is 0.632 bits per heavy atom. The van der Waals surface area contributed by atoms with Gasteiger partial charge in [0.2, 0.25) is 5.91 Å². The van der Waals surface area contributed by atoms with Gasteiger partial charge in [0.25, 0.3) is 0 Å². The summed E-state index contributed by atoms with van der Waals surface area (Å²) in [5.41, 5.74) is 0. The average molecular weight is 539 g/mol. The molecule has 222 valence electrons. The number of carboxylic acids is 1. The number of carbonyl (C=O) groups is 4. The van der Waals surface area contributed by atoms with Crippen molar-refractivity contribution in [1.82, 2.24) is 10.6 Å². The monoisotopic (exact) mass is 538 g/mol. The van der Waals surface area contributed by atoms with Crippen molar-refractivity contribution >= 4 is 23.4 Å². The van der Waals surface area contributed by atoms with Crippen LogP contribution in [-0.2, 0) is 19.2 Å². The Morgan fingerprint density at radius 3 is 1.45 bits per heavy atom. The lowest BCUT2D eigenvalue weighted by molar-refractivity contribution is -0.142. The minimum absolute atomic E-state index is 0.0426. The molecule has 0 bridgehead atoms. The van der Waals surface area contributed by atoms with E-state index in [1.807, 2.05) is 20.9 Å². The number of ketones is 2. The molecule has 38 heavy (non-hydrogen) atoms. The van der Waals surface area contributed by atoms with Gasteiger partial charge in [0.1, 0.15) is 17.6 Å². The highest BCUT2D eigenvalue weighted by atomic mass is 16.4. The summed E-state index contributed by atoms with van der Waals surface area (Å²) in [4.78, 5) is 46.6. The normalized spacial score (nSPS) is 12.9. The zero-order valence-electron chi connectivity index (χ0n) is 25.0. The molecule has 0 aromatic carbocycles. The van der Waals surface area contributed by atoms with Crippen LogP contribution in [0.25, 0.3) is 0 Å². The first-order chi connectivity index (χ1) is 18.2. The van der Waals surface area contributed by atoms with Crippen LogP contribution in [-0.4, -0.2) is 47.7 Å². The van der Waals surface area contributed by atoms with Crippen LogP contribution >= 0.6 is 0 Å². The molecule has 0 aliphatic heterocycles. The number of Topliss-reactive ketones (excluding diaryl/α,β-unsaturated/α-hetero) is 2. The molecule has 0 aromatic rings. The standard InChI is InChI=1S/C31H58N2O5/c1-25(2)24-29(31(37)38)33-30(36)23-19-14-12-10-8-6-5-7-9-11-13-16-20-27(35)21-17-15-18-22-28(32-4)26(3)34/h25,28-29,32H,5-24H2,1-4H3,(H,33,36)(H,37,38). The quantitative estimate of drug-likeness (QED) is 0.0996. The number of rotatable bonds is 27. The third kappa shape index (κ3) is 22.2. The SMILES string of the molecule is CNC(CCCCCC(=O)CCCCCCCCCCCCCCC(=O)NC(CC(C)C)C(=O)O)C(C)=O. The molecule has 0 heterocycles. The van der Waals surface area contributed by atoms with E-state index in [-0.39, 0.29) is 23.7 Å². The van der Waals surface area contributed by atoms with Crippen molar-refractivity contribution in [3.05, 3.63) is 0 Å². The molecule has 1 amide bonds. The number of hydrogen-bond acceptors (Lipinski definition) is 5. The first kappa shape index (κ1) is 36.2. The number of carbonyl (C=O) groups excluding carboxylic acids is 3. The highest BCUT2D eigenvalue weighted by Gasteiger charge is 2.20. The fraction of sp³-hybridized carbons (Fsp3) is 0.871. The Labute approximate surface area is 232 Å². The summed E-state index contributed by atoms with van der Waals surface area (Å²) in [7, 11) is 1.82. The minimum Gasteiger partial charge on any atom is -0.480 e. The highest BCUT2D eigenvalue weighted by molar-refractivity contribution is 5.83. The minimum atomic E-state index is -0.953. The van der Waals surface area contributed by atoms with Crippen molar-refractivity contribution in [3.63, 3.8) is 0 Å². The summed E-state index contributed by atoms with van der Waals surface area (Å²) in [6.07, 6.45) is 19.9. The lowest BCUT2D eigenvalue weighted by atomic mass is 10.0. The second-order valence-corrected chi connectivity index (χ2v) is 11.4. The van der Waals surface area contributed by atoms with E-state index >= 15 is 0 Å². The molecular formula is C31H58N2O5. The van der Waals surface area contributed by atoms with Crippen LogP contribution in [0.3, 0.4) is 0 Å². The molecule has 0 aromatic heterocycles. The van der Waals surface area contributed by atoms with E-state index in [1.54, 1.807) is 6.92 Å². The number of nitrogens with one attached hydrogen (secondary N) is 2. The number of hydrogen-bond donors (Lipinski definition) is 3. The Balaban J connectivity index is 3.46. The maximum atomic E-state index is 12.0. The number of carboxylic acid groups (broad SMARTS) is 1. The lowest BCUT2D eigenvalue weighted by Gasteiger charge is -2.16. The van der Waals surface area contributed by atoms with Crippen LogP contribution in [0.4, 0.5) is 0 Å². The van der Waals surface area contributed by atoms with E-state index in [9.17, 15) is 24.3 Å². The number of unbranched alkanes of at least 4 members (excludes halogenated alkanes) is 13. The van der Waals surface area contributed by atoms with Crippen LogP contribution in [0.15, 0.2) is 0 Å². The largest absolute Gasteiger partial charge is 0.480 e. The zero-order chi connectivity index (χ0) is 28.6. The summed E-state index contributed by atoms with van der Waals surface area (Å²) in [6, 6.07) is -0.818. The van der Waals surface area contributed by atoms with Gasteiger partial charge in [-0.3, -0.25) is 14.4 Å². The van der Waals surface area contributed by atoms with Crippen LogP contribution in [0, 0.1) is 5.92 Å². The van der Waals surface area contributed by atoms with Gasteiger partial charge >= 0.3 is 5.97 Å². The van der Waals surface area contributed by atoms with Crippen LogP contribution < -0.4 is 10.6 Å². The molecule has 7 nitrogen and oxygen atoms in total. The Hall–Kier alpha value is -1.76. The van der Waals surface area contributed by atoms with Crippen molar-refractivity contribution in [1.29, 1.82) is 0 Å². The van der Waals surface area contributed by atoms with E-state index in [2.05, 4.69) is 10.6 Å². The molecule has 0 spiro atoms. The van der Waals surface area contributed by atoms with Crippen LogP contribution in [0.2, 0.25) is 0 Å². The van der Waals surface area contributed by atoms with Crippen molar-refractivity contribution < 1.29 is 24.3 Å². The lowest BCUT2D eigenvalue weighted by Crippen LogP contribution is -2.41. The Kier molecular flexibility index (Phi) is 23.2. The Bertz CT molecular complexity index is 650. The van der Waals surface area contributed by atoms with Crippen molar-refractivity contribution in [2.75, 3.05) is 7.05 Å². The third-order valence-electron chi connectivity index (χ3n) is 7.24. The molecule has 0 radical (unpaired) electrons. The van der Waals surface area contributed by atoms with Gasteiger partial charge in [0.05, 0.1) is 6.04 Å². The second-order valence-electron chi connectivity index (χ2n) is 11.4. The first-order valence-electron chi connectivity index (χ1n) is 15.4. The first-order valence-corrected chi connectivity index (χ1v) is 15.4. The maximum Gasteiger partial charge on any atom is 0.326 e. The summed E-state index contributed by atoms with van der Waals surface area (Å²) in [5, 5.41) is 14.9. The highest BCUT2D eigenvalue weighted by Crippen LogP contribution is 2.14. The van der Waals surface area contributed by atoms with Gasteiger partial charge < -0.3 is 15.7 Å². The smallest absolute Gasteiger partial charge is 0.326 e. The van der Waals surface area contributed by atoms with Gasteiger partial charge in [-0.2, -0.15) is 0 Å². The number of likely N-dealkylation sites (N-methyl/N-ethyl adjacent to an activating group) is 1. The molecule has 0 saturated carbocycles. The third-order valence-corrected chi connectivity index (χ3v) is 7.24. The van der Waals surface area contributed by atoms with Gasteiger partial charge in [-0.15, -0.1) is 0 Å². The van der Waals surface area contributed by atoms with Crippen molar-refractivity contribution in [2.45, 2.75) is 161 Å². The zero-order valence-corrected chi connectivity index (χ0v) is 25.0.